The van der Waals surface area contributed by atoms with Crippen LogP contribution in [0.25, 0.3) is 16.5 Å². The molecule has 0 saturated carbocycles. The maximum absolute atomic E-state index is 13.1. The Hall–Kier alpha value is -1.59. The van der Waals surface area contributed by atoms with Crippen LogP contribution in [-0.4, -0.2) is 53.4 Å². The first-order valence-electron chi connectivity index (χ1n) is 10.0. The number of aromatic nitrogens is 1. The van der Waals surface area contributed by atoms with Crippen LogP contribution in [0.15, 0.2) is 28.9 Å². The molecule has 5 heteroatoms. The summed E-state index contributed by atoms with van der Waals surface area (Å²) in [6, 6.07) is 6.56. The number of hydrogen-bond acceptors (Lipinski definition) is 2. The van der Waals surface area contributed by atoms with E-state index < -0.39 is 0 Å². The highest BCUT2D eigenvalue weighted by Crippen LogP contribution is 2.43. The molecule has 0 saturated heterocycles. The summed E-state index contributed by atoms with van der Waals surface area (Å²) in [7, 11) is 2.09. The second-order valence-corrected chi connectivity index (χ2v) is 7.65. The van der Waals surface area contributed by atoms with Crippen LogP contribution in [0.2, 0.25) is 0 Å². The van der Waals surface area contributed by atoms with Gasteiger partial charge in [-0.25, -0.2) is 0 Å². The van der Waals surface area contributed by atoms with Crippen molar-refractivity contribution in [3.8, 4) is 0 Å². The second-order valence-electron chi connectivity index (χ2n) is 6.86. The molecule has 132 valence electrons. The Morgan fingerprint density at radius 2 is 2.24 bits per heavy atom. The number of nitrogens with zero attached hydrogens (tertiary/aromatic N) is 2. The van der Waals surface area contributed by atoms with Gasteiger partial charge < -0.3 is 9.88 Å². The normalized spacial score (nSPS) is 23.7. The van der Waals surface area contributed by atoms with E-state index in [4.69, 9.17) is 2.74 Å². The number of carbonyl (C=O) groups excluding carboxylic acids is 1. The molecule has 2 aliphatic rings. The number of benzene rings is 1. The third-order valence-corrected chi connectivity index (χ3v) is 6.19. The molecule has 1 aliphatic heterocycles. The van der Waals surface area contributed by atoms with Gasteiger partial charge in [-0.15, -0.1) is 0 Å². The molecule has 2 atom stereocenters. The molecule has 2 heterocycles. The van der Waals surface area contributed by atoms with Crippen molar-refractivity contribution >= 4 is 38.3 Å². The maximum Gasteiger partial charge on any atom is 0.230 e. The minimum Gasteiger partial charge on any atom is -0.349 e. The van der Waals surface area contributed by atoms with E-state index in [2.05, 4.69) is 57.1 Å². The Morgan fingerprint density at radius 3 is 3.00 bits per heavy atom. The van der Waals surface area contributed by atoms with Gasteiger partial charge >= 0.3 is 0 Å². The van der Waals surface area contributed by atoms with Gasteiger partial charge in [0, 0.05) is 39.3 Å². The minimum atomic E-state index is -0.224. The Morgan fingerprint density at radius 1 is 1.44 bits per heavy atom. The Bertz CT molecular complexity index is 904. The van der Waals surface area contributed by atoms with Gasteiger partial charge in [-0.05, 0) is 66.0 Å². The zero-order chi connectivity index (χ0) is 19.1. The largest absolute Gasteiger partial charge is 0.349 e. The monoisotopic (exact) mass is 403 g/mol. The van der Waals surface area contributed by atoms with Crippen molar-refractivity contribution in [1.82, 2.24) is 14.8 Å². The van der Waals surface area contributed by atoms with Crippen molar-refractivity contribution in [2.24, 2.45) is 5.92 Å². The summed E-state index contributed by atoms with van der Waals surface area (Å²) in [5.41, 5.74) is 4.86. The molecular formula is C20H24BrN3O. The predicted octanol–water partition coefficient (Wildman–Crippen LogP) is 3.67. The number of H-pyrrole nitrogens is 1. The van der Waals surface area contributed by atoms with Crippen molar-refractivity contribution < 1.29 is 7.54 Å². The number of likely N-dealkylation sites (N-methyl/N-ethyl adjacent to an activating group) is 1. The molecule has 1 aromatic carbocycles. The van der Waals surface area contributed by atoms with Crippen LogP contribution in [-0.2, 0) is 11.2 Å². The van der Waals surface area contributed by atoms with Gasteiger partial charge in [0.1, 0.15) is 0 Å². The fraction of sp³-hybridized carbons (Fsp3) is 0.450. The lowest BCUT2D eigenvalue weighted by Crippen LogP contribution is -2.47. The van der Waals surface area contributed by atoms with Crippen LogP contribution in [0.1, 0.15) is 27.7 Å². The first-order chi connectivity index (χ1) is 13.0. The highest BCUT2D eigenvalue weighted by molar-refractivity contribution is 9.10. The molecule has 1 aliphatic carbocycles. The van der Waals surface area contributed by atoms with Crippen LogP contribution >= 0.6 is 15.9 Å². The topological polar surface area (TPSA) is 39.3 Å². The molecule has 0 bridgehead atoms. The highest BCUT2D eigenvalue weighted by Gasteiger charge is 2.37. The second kappa shape index (κ2) is 6.29. The lowest BCUT2D eigenvalue weighted by molar-refractivity contribution is -0.134. The maximum atomic E-state index is 13.1. The van der Waals surface area contributed by atoms with Gasteiger partial charge in [0.15, 0.2) is 0 Å². The van der Waals surface area contributed by atoms with E-state index in [1.54, 1.807) is 4.90 Å². The number of halogens is 1. The SMILES string of the molecule is [2H]CCN(CC[2H])C(=O)[C@@H]1C=C2c3cccc4[nH]c(Br)c(c34)C[C@H]2N(C)C1. The van der Waals surface area contributed by atoms with E-state index in [9.17, 15) is 4.79 Å². The van der Waals surface area contributed by atoms with E-state index in [1.165, 1.54) is 22.1 Å². The van der Waals surface area contributed by atoms with E-state index >= 15 is 0 Å². The molecule has 1 aromatic heterocycles. The number of fused-ring (bicyclic) bond motifs is 2. The van der Waals surface area contributed by atoms with Crippen LogP contribution in [0.5, 0.6) is 0 Å². The van der Waals surface area contributed by atoms with Gasteiger partial charge in [-0.1, -0.05) is 18.2 Å². The van der Waals surface area contributed by atoms with Crippen molar-refractivity contribution in [1.29, 1.82) is 0 Å². The standard InChI is InChI=1S/C20H24BrN3O/c1-4-24(5-2)20(25)12-9-14-13-7-6-8-16-18(13)15(19(21)22-16)10-17(14)23(3)11-12/h6-9,12,17,22H,4-5,10-11H2,1-3H3/t12-,17-/m1/s1/i1D,2D. The third-order valence-electron chi connectivity index (χ3n) is 5.51. The Labute approximate surface area is 159 Å². The van der Waals surface area contributed by atoms with Gasteiger partial charge in [0.2, 0.25) is 5.91 Å². The number of carbonyl (C=O) groups is 1. The molecule has 4 nitrogen and oxygen atoms in total. The van der Waals surface area contributed by atoms with E-state index in [0.717, 1.165) is 16.5 Å². The average molecular weight is 404 g/mol. The van der Waals surface area contributed by atoms with Crippen LogP contribution in [0, 0.1) is 5.92 Å². The smallest absolute Gasteiger partial charge is 0.230 e. The highest BCUT2D eigenvalue weighted by atomic mass is 79.9. The molecule has 0 fully saturated rings. The van der Waals surface area contributed by atoms with Crippen molar-refractivity contribution in [3.63, 3.8) is 0 Å². The van der Waals surface area contributed by atoms with Crippen molar-refractivity contribution in [2.75, 3.05) is 26.7 Å². The van der Waals surface area contributed by atoms with E-state index in [0.29, 0.717) is 19.6 Å². The molecule has 0 unspecified atom stereocenters. The molecule has 1 amide bonds. The summed E-state index contributed by atoms with van der Waals surface area (Å²) in [5, 5.41) is 1.25. The zero-order valence-electron chi connectivity index (χ0n) is 16.4. The summed E-state index contributed by atoms with van der Waals surface area (Å²) in [5.74, 6) is -0.181. The molecule has 2 aromatic rings. The van der Waals surface area contributed by atoms with Crippen LogP contribution in [0.4, 0.5) is 0 Å². The number of amides is 1. The van der Waals surface area contributed by atoms with Crippen molar-refractivity contribution in [2.45, 2.75) is 26.3 Å². The number of hydrogen-bond donors (Lipinski definition) is 1. The van der Waals surface area contributed by atoms with Gasteiger partial charge in [0.05, 0.1) is 10.5 Å². The van der Waals surface area contributed by atoms with Crippen LogP contribution < -0.4 is 0 Å². The summed E-state index contributed by atoms with van der Waals surface area (Å²) < 4.78 is 16.0. The first kappa shape index (κ1) is 14.6. The minimum absolute atomic E-state index is 0.0421. The molecule has 1 N–H and O–H groups in total. The zero-order valence-corrected chi connectivity index (χ0v) is 16.0. The molecular weight excluding hydrogens is 378 g/mol. The fourth-order valence-corrected chi connectivity index (χ4v) is 4.79. The summed E-state index contributed by atoms with van der Waals surface area (Å²) in [4.78, 5) is 20.4. The number of rotatable bonds is 3. The molecule has 4 rings (SSSR count). The quantitative estimate of drug-likeness (QED) is 0.848. The first-order valence-corrected chi connectivity index (χ1v) is 9.43. The van der Waals surface area contributed by atoms with Gasteiger partial charge in [0.25, 0.3) is 0 Å². The molecule has 25 heavy (non-hydrogen) atoms. The fourth-order valence-electron chi connectivity index (χ4n) is 4.22. The van der Waals surface area contributed by atoms with Crippen molar-refractivity contribution in [3.05, 3.63) is 40.0 Å². The summed E-state index contributed by atoms with van der Waals surface area (Å²) >= 11 is 3.67. The van der Waals surface area contributed by atoms with E-state index in [-0.39, 0.29) is 31.7 Å². The summed E-state index contributed by atoms with van der Waals surface area (Å²) in [6.07, 6.45) is 3.07. The lowest BCUT2D eigenvalue weighted by atomic mass is 9.79. The van der Waals surface area contributed by atoms with Gasteiger partial charge in [-0.3, -0.25) is 9.69 Å². The van der Waals surface area contributed by atoms with Gasteiger partial charge in [-0.2, -0.15) is 0 Å². The molecule has 0 spiro atoms. The number of nitrogens with one attached hydrogen (secondary N) is 1. The lowest BCUT2D eigenvalue weighted by Gasteiger charge is -2.40. The average Bonchev–Trinajstić information content (AvgIpc) is 2.98. The summed E-state index contributed by atoms with van der Waals surface area (Å²) in [6.45, 7) is 1.82. The number of aromatic amines is 1. The Kier molecular flexibility index (Phi) is 3.67. The predicted molar refractivity (Wildman–Crippen MR) is 106 cm³/mol. The Balaban J connectivity index is 1.76. The molecule has 0 radical (unpaired) electrons. The van der Waals surface area contributed by atoms with E-state index in [1.807, 2.05) is 0 Å². The van der Waals surface area contributed by atoms with Crippen LogP contribution in [0.3, 0.4) is 0 Å². The third kappa shape index (κ3) is 2.56.